The molecule has 0 fully saturated rings. The molecule has 0 heterocycles. The monoisotopic (exact) mass is 287 g/mol. The van der Waals surface area contributed by atoms with E-state index in [1.54, 1.807) is 25.2 Å². The van der Waals surface area contributed by atoms with E-state index in [0.29, 0.717) is 11.5 Å². The quantitative estimate of drug-likeness (QED) is 0.612. The molecular weight excluding hydrogens is 269 g/mol. The summed E-state index contributed by atoms with van der Waals surface area (Å²) in [4.78, 5) is 3.93. The molecule has 0 saturated heterocycles. The van der Waals surface area contributed by atoms with E-state index in [2.05, 4.69) is 15.6 Å². The van der Waals surface area contributed by atoms with Crippen molar-refractivity contribution in [3.63, 3.8) is 0 Å². The maximum Gasteiger partial charge on any atom is 0.191 e. The second-order valence-corrected chi connectivity index (χ2v) is 6.33. The van der Waals surface area contributed by atoms with Gasteiger partial charge in [0.05, 0.1) is 5.75 Å². The van der Waals surface area contributed by atoms with Gasteiger partial charge in [0.1, 0.15) is 15.7 Å². The molecule has 0 aromatic heterocycles. The average Bonchev–Trinajstić information content (AvgIpc) is 2.34. The van der Waals surface area contributed by atoms with E-state index in [9.17, 15) is 12.8 Å². The van der Waals surface area contributed by atoms with E-state index in [0.717, 1.165) is 0 Å². The number of hydrogen-bond acceptors (Lipinski definition) is 3. The van der Waals surface area contributed by atoms with Crippen LogP contribution in [0.15, 0.2) is 29.3 Å². The maximum absolute atomic E-state index is 13.4. The molecule has 1 rings (SSSR count). The summed E-state index contributed by atoms with van der Waals surface area (Å²) in [6, 6.07) is 6.43. The number of rotatable bonds is 5. The number of guanidine groups is 1. The lowest BCUT2D eigenvalue weighted by Crippen LogP contribution is -2.39. The van der Waals surface area contributed by atoms with Crippen molar-refractivity contribution in [2.75, 3.05) is 25.6 Å². The van der Waals surface area contributed by atoms with E-state index in [4.69, 9.17) is 0 Å². The Labute approximate surface area is 112 Å². The number of halogens is 1. The maximum atomic E-state index is 13.4. The topological polar surface area (TPSA) is 70.6 Å². The molecule has 0 atom stereocenters. The predicted molar refractivity (Wildman–Crippen MR) is 74.3 cm³/mol. The van der Waals surface area contributed by atoms with E-state index in [1.807, 2.05) is 0 Å². The van der Waals surface area contributed by atoms with Gasteiger partial charge < -0.3 is 10.6 Å². The zero-order valence-corrected chi connectivity index (χ0v) is 11.8. The smallest absolute Gasteiger partial charge is 0.191 e. The molecule has 2 N–H and O–H groups in total. The van der Waals surface area contributed by atoms with Gasteiger partial charge in [-0.05, 0) is 6.07 Å². The van der Waals surface area contributed by atoms with Crippen LogP contribution in [-0.2, 0) is 16.4 Å². The summed E-state index contributed by atoms with van der Waals surface area (Å²) in [5.74, 6) is 0.168. The third-order valence-electron chi connectivity index (χ3n) is 2.39. The number of aliphatic imine (C=N–C) groups is 1. The highest BCUT2D eigenvalue weighted by Crippen LogP contribution is 2.05. The Bertz CT molecular complexity index is 544. The lowest BCUT2D eigenvalue weighted by Gasteiger charge is -2.11. The van der Waals surface area contributed by atoms with Crippen molar-refractivity contribution >= 4 is 15.8 Å². The Balaban J connectivity index is 2.44. The van der Waals surface area contributed by atoms with Crippen molar-refractivity contribution in [1.82, 2.24) is 10.6 Å². The molecule has 106 valence electrons. The van der Waals surface area contributed by atoms with Crippen LogP contribution in [0.5, 0.6) is 0 Å². The molecule has 7 heteroatoms. The highest BCUT2D eigenvalue weighted by Gasteiger charge is 2.04. The molecule has 19 heavy (non-hydrogen) atoms. The Morgan fingerprint density at radius 1 is 1.32 bits per heavy atom. The van der Waals surface area contributed by atoms with Gasteiger partial charge in [0, 0.05) is 32.0 Å². The zero-order chi connectivity index (χ0) is 14.3. The third kappa shape index (κ3) is 6.19. The van der Waals surface area contributed by atoms with Crippen LogP contribution >= 0.6 is 0 Å². The molecule has 0 saturated carbocycles. The van der Waals surface area contributed by atoms with Crippen LogP contribution in [0.2, 0.25) is 0 Å². The van der Waals surface area contributed by atoms with Crippen molar-refractivity contribution in [1.29, 1.82) is 0 Å². The fourth-order valence-electron chi connectivity index (χ4n) is 1.40. The molecule has 5 nitrogen and oxygen atoms in total. The first-order valence-electron chi connectivity index (χ1n) is 5.78. The summed E-state index contributed by atoms with van der Waals surface area (Å²) < 4.78 is 35.3. The summed E-state index contributed by atoms with van der Waals surface area (Å²) >= 11 is 0. The molecule has 0 aliphatic heterocycles. The minimum atomic E-state index is -3.01. The summed E-state index contributed by atoms with van der Waals surface area (Å²) in [5, 5.41) is 5.77. The van der Waals surface area contributed by atoms with Crippen LogP contribution in [0, 0.1) is 5.82 Å². The second-order valence-electron chi connectivity index (χ2n) is 4.07. The fourth-order valence-corrected chi connectivity index (χ4v) is 1.87. The van der Waals surface area contributed by atoms with E-state index in [1.165, 1.54) is 12.3 Å². The van der Waals surface area contributed by atoms with E-state index >= 15 is 0 Å². The van der Waals surface area contributed by atoms with Crippen molar-refractivity contribution in [2.45, 2.75) is 6.54 Å². The normalized spacial score (nSPS) is 12.3. The molecule has 1 aromatic rings. The van der Waals surface area contributed by atoms with Crippen molar-refractivity contribution < 1.29 is 12.8 Å². The number of benzene rings is 1. The second kappa shape index (κ2) is 7.08. The number of hydrogen-bond donors (Lipinski definition) is 2. The molecule has 0 aliphatic carbocycles. The summed E-state index contributed by atoms with van der Waals surface area (Å²) in [5.41, 5.74) is 0.522. The highest BCUT2D eigenvalue weighted by molar-refractivity contribution is 7.90. The molecular formula is C12H18FN3O2S. The van der Waals surface area contributed by atoms with Gasteiger partial charge in [0.25, 0.3) is 0 Å². The van der Waals surface area contributed by atoms with Crippen LogP contribution < -0.4 is 10.6 Å². The fraction of sp³-hybridized carbons (Fsp3) is 0.417. The standard InChI is InChI=1S/C12H18FN3O2S/c1-14-12(15-7-8-19(2,17)18)16-9-10-5-3-4-6-11(10)13/h3-6H,7-9H2,1-2H3,(H2,14,15,16). The molecule has 0 radical (unpaired) electrons. The van der Waals surface area contributed by atoms with Crippen molar-refractivity contribution in [2.24, 2.45) is 4.99 Å². The number of sulfone groups is 1. The minimum Gasteiger partial charge on any atom is -0.355 e. The molecule has 0 amide bonds. The van der Waals surface area contributed by atoms with Gasteiger partial charge in [-0.2, -0.15) is 0 Å². The minimum absolute atomic E-state index is 0.0212. The van der Waals surface area contributed by atoms with Crippen LogP contribution in [0.1, 0.15) is 5.56 Å². The summed E-state index contributed by atoms with van der Waals surface area (Å²) in [6.45, 7) is 0.543. The summed E-state index contributed by atoms with van der Waals surface area (Å²) in [7, 11) is -1.44. The van der Waals surface area contributed by atoms with Gasteiger partial charge in [0.2, 0.25) is 0 Å². The van der Waals surface area contributed by atoms with Gasteiger partial charge in [-0.25, -0.2) is 12.8 Å². The Kier molecular flexibility index (Phi) is 5.75. The zero-order valence-electron chi connectivity index (χ0n) is 11.0. The Morgan fingerprint density at radius 2 is 2.00 bits per heavy atom. The van der Waals surface area contributed by atoms with Crippen molar-refractivity contribution in [3.05, 3.63) is 35.6 Å². The van der Waals surface area contributed by atoms with Gasteiger partial charge in [-0.3, -0.25) is 4.99 Å². The van der Waals surface area contributed by atoms with E-state index < -0.39 is 9.84 Å². The molecule has 0 aliphatic rings. The first-order chi connectivity index (χ1) is 8.92. The first-order valence-corrected chi connectivity index (χ1v) is 7.84. The Morgan fingerprint density at radius 3 is 2.58 bits per heavy atom. The number of nitrogens with zero attached hydrogens (tertiary/aromatic N) is 1. The molecule has 0 bridgehead atoms. The molecule has 0 unspecified atom stereocenters. The van der Waals surface area contributed by atoms with Crippen LogP contribution in [0.4, 0.5) is 4.39 Å². The van der Waals surface area contributed by atoms with Gasteiger partial charge in [0.15, 0.2) is 5.96 Å². The predicted octanol–water partition coefficient (Wildman–Crippen LogP) is 0.535. The van der Waals surface area contributed by atoms with Gasteiger partial charge in [-0.1, -0.05) is 18.2 Å². The third-order valence-corrected chi connectivity index (χ3v) is 3.34. The van der Waals surface area contributed by atoms with Crippen LogP contribution in [0.3, 0.4) is 0 Å². The lowest BCUT2D eigenvalue weighted by atomic mass is 10.2. The van der Waals surface area contributed by atoms with E-state index in [-0.39, 0.29) is 24.7 Å². The van der Waals surface area contributed by atoms with Gasteiger partial charge in [-0.15, -0.1) is 0 Å². The summed E-state index contributed by atoms with van der Waals surface area (Å²) in [6.07, 6.45) is 1.17. The van der Waals surface area contributed by atoms with Crippen LogP contribution in [-0.4, -0.2) is 40.0 Å². The first kappa shape index (κ1) is 15.4. The lowest BCUT2D eigenvalue weighted by molar-refractivity contribution is 0.600. The Hall–Kier alpha value is -1.63. The van der Waals surface area contributed by atoms with Crippen LogP contribution in [0.25, 0.3) is 0 Å². The van der Waals surface area contributed by atoms with Crippen molar-refractivity contribution in [3.8, 4) is 0 Å². The molecule has 1 aromatic carbocycles. The van der Waals surface area contributed by atoms with Gasteiger partial charge >= 0.3 is 0 Å². The SMILES string of the molecule is CN=C(NCCS(C)(=O)=O)NCc1ccccc1F. The molecule has 0 spiro atoms. The average molecular weight is 287 g/mol. The largest absolute Gasteiger partial charge is 0.355 e. The highest BCUT2D eigenvalue weighted by atomic mass is 32.2. The number of nitrogens with one attached hydrogen (secondary N) is 2.